The van der Waals surface area contributed by atoms with Crippen LogP contribution in [0, 0.1) is 0 Å². The fraction of sp³-hybridized carbons (Fsp3) is 0.173. The highest BCUT2D eigenvalue weighted by molar-refractivity contribution is 6.57. The van der Waals surface area contributed by atoms with Crippen molar-refractivity contribution in [3.8, 4) is 80.0 Å². The lowest BCUT2D eigenvalue weighted by molar-refractivity contribution is 0.460. The van der Waals surface area contributed by atoms with E-state index in [0.29, 0.717) is 17.2 Å². The first kappa shape index (κ1) is 89.0. The summed E-state index contributed by atoms with van der Waals surface area (Å²) in [6, 6.07) is 79.7. The van der Waals surface area contributed by atoms with Gasteiger partial charge in [0.1, 0.15) is 54.9 Å². The SMILES string of the molecule is CC(C)(c1ccccc1)c1ccc(Oc2c(Cl)c(Cl)c3c(c2Cl)-c2nc-3nc3[nH]c(nc4nc(nc5[nH]c(n2)c2c(Cl)c(Cl)c(Cl)c(Cl)c52)-c2c(Cl)c(Cl)c(Oc5ccc(C(C)(C)c6ccccc6)cc5C(C)(C)c5ccccc5)c(Cl)c2-4)c2c(Cl)c(Oc4ccc(C(C)(C)c5ccccc5)cc4C(C)(C)c4ccccc4)c(Cl)c(Cl)c32)c(C(C)(C)c2ccccc2)c1. The maximum Gasteiger partial charge on any atom is 0.166 e. The molecule has 128 heavy (non-hydrogen) atoms. The zero-order chi connectivity index (χ0) is 90.5. The topological polar surface area (TPSA) is 137 Å². The second kappa shape index (κ2) is 33.6. The van der Waals surface area contributed by atoms with Gasteiger partial charge in [0, 0.05) is 49.2 Å². The van der Waals surface area contributed by atoms with E-state index in [1.165, 1.54) is 0 Å². The molecule has 0 atom stereocenters. The van der Waals surface area contributed by atoms with Crippen LogP contribution in [0.5, 0.6) is 34.5 Å². The molecule has 0 radical (unpaired) electrons. The van der Waals surface area contributed by atoms with Crippen molar-refractivity contribution in [2.24, 2.45) is 0 Å². The number of hydrogen-bond acceptors (Lipinski definition) is 9. The average Bonchev–Trinajstić information content (AvgIpc) is 1.55. The molecule has 0 saturated heterocycles. The molecule has 24 heteroatoms. The van der Waals surface area contributed by atoms with Gasteiger partial charge < -0.3 is 24.2 Å². The first-order chi connectivity index (χ1) is 60.9. The summed E-state index contributed by atoms with van der Waals surface area (Å²) in [5.41, 5.74) is 8.38. The van der Waals surface area contributed by atoms with Crippen LogP contribution in [0.4, 0.5) is 0 Å². The summed E-state index contributed by atoms with van der Waals surface area (Å²) in [5, 5.41) is -0.770. The summed E-state index contributed by atoms with van der Waals surface area (Å²) in [4.78, 5) is 38.9. The molecule has 2 aliphatic heterocycles. The summed E-state index contributed by atoms with van der Waals surface area (Å²) < 4.78 is 21.8. The number of aromatic amines is 2. The van der Waals surface area contributed by atoms with Crippen LogP contribution in [-0.4, -0.2) is 39.9 Å². The Morgan fingerprint density at radius 3 is 0.672 bits per heavy atom. The molecule has 0 amide bonds. The molecule has 0 saturated carbocycles. The molecule has 0 aliphatic carbocycles. The first-order valence-electron chi connectivity index (χ1n) is 41.0. The van der Waals surface area contributed by atoms with Gasteiger partial charge in [-0.3, -0.25) is 0 Å². The highest BCUT2D eigenvalue weighted by Crippen LogP contribution is 2.60. The minimum absolute atomic E-state index is 0.0204. The third-order valence-electron chi connectivity index (χ3n) is 25.5. The molecule has 0 fully saturated rings. The number of benzene rings is 13. The van der Waals surface area contributed by atoms with E-state index in [9.17, 15) is 0 Å². The molecule has 2 aliphatic rings. The lowest BCUT2D eigenvalue weighted by atomic mass is 9.73. The normalized spacial score (nSPS) is 12.6. The quantitative estimate of drug-likeness (QED) is 0.0635. The standard InChI is InChI=1S/C104H77Cl13N8O3/c1-99(2,52-31-19-13-20-32-52)58-43-46-64(61(49-58)102(7,8)55-37-25-16-26-38-55)126-88-80(110)72-69(77(107)85(88)115)94-120-95-71-74(82(112)90(87(117)79(71)109)128-66-48-45-60(101(5,6)54-35-23-15-24-36-54)51-63(66)104(11,12)57-41-29-18-30-42-57)98(124-95)125-97-73-70(93(123-97)119-91-67-68(92(118-91)121-96(72)122-94)76(106)84(114)83(113)75(67)105)78(108)86(116)89(81(73)111)127-65-47-44-59(100(3,4)53-33-21-14-22-34-53)50-62(65)103(9,10)56-39-27-17-28-40-56/h13-51H,1-12H3,(H2,118,119,120,121,122,123,124,125). The van der Waals surface area contributed by atoms with Crippen LogP contribution in [0.25, 0.3) is 89.7 Å². The fourth-order valence-electron chi connectivity index (χ4n) is 17.4. The molecule has 642 valence electrons. The van der Waals surface area contributed by atoms with Gasteiger partial charge in [0.15, 0.2) is 40.5 Å². The van der Waals surface area contributed by atoms with Crippen LogP contribution in [0.1, 0.15) is 150 Å². The number of ether oxygens (including phenoxy) is 3. The molecule has 2 N–H and O–H groups in total. The number of H-pyrrole nitrogens is 2. The Balaban J connectivity index is 0.916. The Morgan fingerprint density at radius 1 is 0.203 bits per heavy atom. The Morgan fingerprint density at radius 2 is 0.414 bits per heavy atom. The summed E-state index contributed by atoms with van der Waals surface area (Å²) in [6.07, 6.45) is 0. The van der Waals surface area contributed by atoms with Crippen molar-refractivity contribution >= 4 is 195 Å². The minimum atomic E-state index is -0.727. The number of nitrogens with one attached hydrogen (secondary N) is 2. The van der Waals surface area contributed by atoms with Crippen molar-refractivity contribution in [1.29, 1.82) is 0 Å². The predicted molar refractivity (Wildman–Crippen MR) is 532 cm³/mol. The van der Waals surface area contributed by atoms with Crippen LogP contribution in [0.15, 0.2) is 237 Å². The van der Waals surface area contributed by atoms with Gasteiger partial charge >= 0.3 is 0 Å². The Kier molecular flexibility index (Phi) is 23.4. The lowest BCUT2D eigenvalue weighted by Crippen LogP contribution is -2.23. The van der Waals surface area contributed by atoms with Gasteiger partial charge in [-0.15, -0.1) is 0 Å². The summed E-state index contributed by atoms with van der Waals surface area (Å²) in [6.45, 7) is 25.9. The molecule has 0 spiro atoms. The monoisotopic (exact) mass is 1940 g/mol. The lowest BCUT2D eigenvalue weighted by Gasteiger charge is -2.32. The van der Waals surface area contributed by atoms with E-state index in [1.807, 2.05) is 146 Å². The molecule has 11 nitrogen and oxygen atoms in total. The highest BCUT2D eigenvalue weighted by Gasteiger charge is 2.41. The zero-order valence-corrected chi connectivity index (χ0v) is 80.7. The molecule has 8 bridgehead atoms. The van der Waals surface area contributed by atoms with Gasteiger partial charge in [-0.2, -0.15) is 0 Å². The maximum absolute atomic E-state index is 8.14. The molecular weight excluding hydrogens is 1870 g/mol. The second-order valence-corrected chi connectivity index (χ2v) is 40.0. The molecule has 18 rings (SSSR count). The fourth-order valence-corrected chi connectivity index (χ4v) is 21.0. The van der Waals surface area contributed by atoms with E-state index in [-0.39, 0.29) is 172 Å². The van der Waals surface area contributed by atoms with E-state index in [0.717, 1.165) is 66.8 Å². The Hall–Kier alpha value is -9.61. The smallest absolute Gasteiger partial charge is 0.166 e. The first-order valence-corrected chi connectivity index (χ1v) is 46.0. The van der Waals surface area contributed by atoms with Crippen LogP contribution in [0.3, 0.4) is 0 Å². The van der Waals surface area contributed by atoms with E-state index in [4.69, 9.17) is 195 Å². The third-order valence-corrected chi connectivity index (χ3v) is 30.8. The van der Waals surface area contributed by atoms with E-state index >= 15 is 0 Å². The van der Waals surface area contributed by atoms with Crippen molar-refractivity contribution in [1.82, 2.24) is 39.9 Å². The maximum atomic E-state index is 8.14. The van der Waals surface area contributed by atoms with Crippen LogP contribution in [-0.2, 0) is 32.5 Å². The van der Waals surface area contributed by atoms with Crippen molar-refractivity contribution in [3.05, 3.63) is 369 Å². The number of rotatable bonds is 18. The van der Waals surface area contributed by atoms with Gasteiger partial charge in [0.05, 0.1) is 94.0 Å². The summed E-state index contributed by atoms with van der Waals surface area (Å²) in [5.74, 6) is 0.610. The molecule has 5 heterocycles. The van der Waals surface area contributed by atoms with Crippen molar-refractivity contribution in [2.75, 3.05) is 0 Å². The molecule has 13 aromatic carbocycles. The Labute approximate surface area is 805 Å². The summed E-state index contributed by atoms with van der Waals surface area (Å²) in [7, 11) is 0. The largest absolute Gasteiger partial charge is 0.454 e. The number of aromatic nitrogens is 8. The summed E-state index contributed by atoms with van der Waals surface area (Å²) >= 11 is 100. The number of nitrogens with zero attached hydrogens (tertiary/aromatic N) is 6. The van der Waals surface area contributed by atoms with Gasteiger partial charge in [0.25, 0.3) is 0 Å². The van der Waals surface area contributed by atoms with Gasteiger partial charge in [0.2, 0.25) is 0 Å². The van der Waals surface area contributed by atoms with Crippen LogP contribution >= 0.6 is 151 Å². The Bertz CT molecular complexity index is 7420. The second-order valence-electron chi connectivity index (χ2n) is 35.1. The number of hydrogen-bond donors (Lipinski definition) is 2. The third kappa shape index (κ3) is 15.0. The van der Waals surface area contributed by atoms with Crippen molar-refractivity contribution in [2.45, 2.75) is 116 Å². The van der Waals surface area contributed by atoms with Gasteiger partial charge in [-0.05, 0) is 68.3 Å². The van der Waals surface area contributed by atoms with Gasteiger partial charge in [-0.25, -0.2) is 29.9 Å². The van der Waals surface area contributed by atoms with E-state index < -0.39 is 32.5 Å². The molecule has 3 aromatic heterocycles. The molecule has 16 aromatic rings. The number of halogens is 13. The minimum Gasteiger partial charge on any atom is -0.454 e. The average molecular weight is 1950 g/mol. The molecule has 0 unspecified atom stereocenters. The number of fused-ring (bicyclic) bond motifs is 20. The van der Waals surface area contributed by atoms with Crippen molar-refractivity contribution < 1.29 is 14.2 Å². The predicted octanol–water partition coefficient (Wildman–Crippen LogP) is 34.7. The van der Waals surface area contributed by atoms with Crippen LogP contribution < -0.4 is 14.2 Å². The van der Waals surface area contributed by atoms with Crippen LogP contribution in [0.2, 0.25) is 65.3 Å². The zero-order valence-electron chi connectivity index (χ0n) is 70.8. The van der Waals surface area contributed by atoms with E-state index in [1.54, 1.807) is 0 Å². The van der Waals surface area contributed by atoms with Gasteiger partial charge in [-0.1, -0.05) is 452 Å². The van der Waals surface area contributed by atoms with Crippen molar-refractivity contribution in [3.63, 3.8) is 0 Å². The molecular formula is C104H77Cl13N8O3. The highest BCUT2D eigenvalue weighted by atomic mass is 35.5. The van der Waals surface area contributed by atoms with E-state index in [2.05, 4.69) is 184 Å².